The third kappa shape index (κ3) is 2.14. The fraction of sp³-hybridized carbons (Fsp3) is 0.0588. The number of hydrogen-bond acceptors (Lipinski definition) is 1. The first kappa shape index (κ1) is 11.4. The van der Waals surface area contributed by atoms with Crippen LogP contribution in [0.4, 0.5) is 0 Å². The SMILES string of the molecule is CSc1ccc2ccc(-c3ccccc3)cc2c1. The van der Waals surface area contributed by atoms with E-state index in [-0.39, 0.29) is 0 Å². The Morgan fingerprint density at radius 1 is 0.667 bits per heavy atom. The molecule has 0 saturated carbocycles. The molecule has 1 heteroatoms. The normalized spacial score (nSPS) is 10.7. The lowest BCUT2D eigenvalue weighted by molar-refractivity contribution is 1.51. The molecule has 0 aliphatic carbocycles. The van der Waals surface area contributed by atoms with Crippen LogP contribution in [0.25, 0.3) is 21.9 Å². The number of hydrogen-bond donors (Lipinski definition) is 0. The second-order valence-corrected chi connectivity index (χ2v) is 5.17. The molecule has 0 fully saturated rings. The molecule has 0 nitrogen and oxygen atoms in total. The summed E-state index contributed by atoms with van der Waals surface area (Å²) in [6, 6.07) is 23.8. The zero-order chi connectivity index (χ0) is 12.4. The second kappa shape index (κ2) is 4.87. The lowest BCUT2D eigenvalue weighted by Gasteiger charge is -2.05. The van der Waals surface area contributed by atoms with Gasteiger partial charge in [0.25, 0.3) is 0 Å². The first-order chi connectivity index (χ1) is 8.86. The lowest BCUT2D eigenvalue weighted by Crippen LogP contribution is -1.79. The monoisotopic (exact) mass is 250 g/mol. The van der Waals surface area contributed by atoms with Crippen molar-refractivity contribution in [2.45, 2.75) is 4.90 Å². The summed E-state index contributed by atoms with van der Waals surface area (Å²) in [6.07, 6.45) is 2.11. The second-order valence-electron chi connectivity index (χ2n) is 4.29. The molecule has 0 heterocycles. The zero-order valence-electron chi connectivity index (χ0n) is 10.3. The van der Waals surface area contributed by atoms with Gasteiger partial charge in [0.15, 0.2) is 0 Å². The summed E-state index contributed by atoms with van der Waals surface area (Å²) in [7, 11) is 0. The predicted molar refractivity (Wildman–Crippen MR) is 81.2 cm³/mol. The number of rotatable bonds is 2. The molecule has 0 radical (unpaired) electrons. The Labute approximate surface area is 112 Å². The van der Waals surface area contributed by atoms with Crippen molar-refractivity contribution in [2.75, 3.05) is 6.26 Å². The minimum Gasteiger partial charge on any atom is -0.130 e. The summed E-state index contributed by atoms with van der Waals surface area (Å²) in [5.41, 5.74) is 2.55. The van der Waals surface area contributed by atoms with Gasteiger partial charge in [0.2, 0.25) is 0 Å². The van der Waals surface area contributed by atoms with Gasteiger partial charge in [-0.1, -0.05) is 48.5 Å². The Morgan fingerprint density at radius 3 is 2.22 bits per heavy atom. The number of fused-ring (bicyclic) bond motifs is 1. The summed E-state index contributed by atoms with van der Waals surface area (Å²) < 4.78 is 0. The molecule has 3 aromatic carbocycles. The van der Waals surface area contributed by atoms with Crippen LogP contribution in [0.5, 0.6) is 0 Å². The van der Waals surface area contributed by atoms with Crippen LogP contribution in [-0.2, 0) is 0 Å². The van der Waals surface area contributed by atoms with Gasteiger partial charge in [0, 0.05) is 4.90 Å². The Kier molecular flexibility index (Phi) is 3.07. The highest BCUT2D eigenvalue weighted by Crippen LogP contribution is 2.27. The maximum absolute atomic E-state index is 2.27. The van der Waals surface area contributed by atoms with Crippen LogP contribution in [0.2, 0.25) is 0 Å². The molecule has 88 valence electrons. The highest BCUT2D eigenvalue weighted by atomic mass is 32.2. The van der Waals surface area contributed by atoms with E-state index in [1.165, 1.54) is 26.8 Å². The molecule has 0 spiro atoms. The van der Waals surface area contributed by atoms with Crippen molar-refractivity contribution < 1.29 is 0 Å². The van der Waals surface area contributed by atoms with Crippen molar-refractivity contribution in [1.82, 2.24) is 0 Å². The molecule has 0 bridgehead atoms. The Hall–Kier alpha value is -1.73. The quantitative estimate of drug-likeness (QED) is 0.561. The molecule has 0 N–H and O–H groups in total. The molecular formula is C17H14S. The smallest absolute Gasteiger partial charge is 0.00755 e. The summed E-state index contributed by atoms with van der Waals surface area (Å²) >= 11 is 1.79. The fourth-order valence-electron chi connectivity index (χ4n) is 2.16. The van der Waals surface area contributed by atoms with E-state index in [0.717, 1.165) is 0 Å². The van der Waals surface area contributed by atoms with Gasteiger partial charge >= 0.3 is 0 Å². The van der Waals surface area contributed by atoms with Crippen molar-refractivity contribution in [3.8, 4) is 11.1 Å². The van der Waals surface area contributed by atoms with Gasteiger partial charge in [-0.15, -0.1) is 11.8 Å². The zero-order valence-corrected chi connectivity index (χ0v) is 11.1. The van der Waals surface area contributed by atoms with Crippen molar-refractivity contribution in [3.63, 3.8) is 0 Å². The van der Waals surface area contributed by atoms with Gasteiger partial charge in [0.05, 0.1) is 0 Å². The molecule has 0 aliphatic rings. The van der Waals surface area contributed by atoms with Gasteiger partial charge in [-0.2, -0.15) is 0 Å². The Bertz CT molecular complexity index is 672. The van der Waals surface area contributed by atoms with Crippen LogP contribution in [-0.4, -0.2) is 6.26 Å². The molecule has 0 saturated heterocycles. The first-order valence-corrected chi connectivity index (χ1v) is 7.22. The van der Waals surface area contributed by atoms with E-state index < -0.39 is 0 Å². The van der Waals surface area contributed by atoms with Gasteiger partial charge < -0.3 is 0 Å². The van der Waals surface area contributed by atoms with Gasteiger partial charge in [-0.25, -0.2) is 0 Å². The minimum absolute atomic E-state index is 1.27. The van der Waals surface area contributed by atoms with Crippen LogP contribution >= 0.6 is 11.8 Å². The fourth-order valence-corrected chi connectivity index (χ4v) is 2.61. The third-order valence-corrected chi connectivity index (χ3v) is 3.88. The average molecular weight is 250 g/mol. The highest BCUT2D eigenvalue weighted by Gasteiger charge is 2.00. The van der Waals surface area contributed by atoms with Crippen LogP contribution in [0.1, 0.15) is 0 Å². The van der Waals surface area contributed by atoms with Crippen molar-refractivity contribution >= 4 is 22.5 Å². The van der Waals surface area contributed by atoms with Gasteiger partial charge in [0.1, 0.15) is 0 Å². The summed E-state index contributed by atoms with van der Waals surface area (Å²) in [4.78, 5) is 1.31. The Morgan fingerprint density at radius 2 is 1.44 bits per heavy atom. The first-order valence-electron chi connectivity index (χ1n) is 6.00. The minimum atomic E-state index is 1.27. The molecular weight excluding hydrogens is 236 g/mol. The lowest BCUT2D eigenvalue weighted by atomic mass is 10.0. The summed E-state index contributed by atoms with van der Waals surface area (Å²) in [5, 5.41) is 2.61. The summed E-state index contributed by atoms with van der Waals surface area (Å²) in [5.74, 6) is 0. The number of benzene rings is 3. The van der Waals surface area contributed by atoms with Crippen LogP contribution in [0, 0.1) is 0 Å². The standard InChI is InChI=1S/C17H14S/c1-18-17-10-9-14-7-8-15(11-16(14)12-17)13-5-3-2-4-6-13/h2-12H,1H3. The molecule has 0 aliphatic heterocycles. The van der Waals surface area contributed by atoms with E-state index in [1.54, 1.807) is 11.8 Å². The highest BCUT2D eigenvalue weighted by molar-refractivity contribution is 7.98. The largest absolute Gasteiger partial charge is 0.130 e. The molecule has 0 aromatic heterocycles. The molecule has 0 amide bonds. The molecule has 3 rings (SSSR count). The molecule has 0 atom stereocenters. The average Bonchev–Trinajstić information content (AvgIpc) is 2.47. The van der Waals surface area contributed by atoms with Gasteiger partial charge in [-0.05, 0) is 46.4 Å². The van der Waals surface area contributed by atoms with E-state index in [0.29, 0.717) is 0 Å². The van der Waals surface area contributed by atoms with E-state index in [2.05, 4.69) is 73.0 Å². The molecule has 3 aromatic rings. The molecule has 0 unspecified atom stereocenters. The maximum Gasteiger partial charge on any atom is 0.00755 e. The topological polar surface area (TPSA) is 0 Å². The van der Waals surface area contributed by atoms with E-state index >= 15 is 0 Å². The van der Waals surface area contributed by atoms with Gasteiger partial charge in [-0.3, -0.25) is 0 Å². The van der Waals surface area contributed by atoms with Crippen LogP contribution < -0.4 is 0 Å². The van der Waals surface area contributed by atoms with E-state index in [1.807, 2.05) is 0 Å². The van der Waals surface area contributed by atoms with Crippen molar-refractivity contribution in [1.29, 1.82) is 0 Å². The summed E-state index contributed by atoms with van der Waals surface area (Å²) in [6.45, 7) is 0. The van der Waals surface area contributed by atoms with Crippen molar-refractivity contribution in [3.05, 3.63) is 66.7 Å². The van der Waals surface area contributed by atoms with E-state index in [9.17, 15) is 0 Å². The predicted octanol–water partition coefficient (Wildman–Crippen LogP) is 5.23. The molecule has 18 heavy (non-hydrogen) atoms. The van der Waals surface area contributed by atoms with Crippen molar-refractivity contribution in [2.24, 2.45) is 0 Å². The third-order valence-electron chi connectivity index (χ3n) is 3.15. The van der Waals surface area contributed by atoms with Crippen LogP contribution in [0.15, 0.2) is 71.6 Å². The maximum atomic E-state index is 2.27. The van der Waals surface area contributed by atoms with Crippen LogP contribution in [0.3, 0.4) is 0 Å². The van der Waals surface area contributed by atoms with E-state index in [4.69, 9.17) is 0 Å². The Balaban J connectivity index is 2.15. The number of thioether (sulfide) groups is 1.